The van der Waals surface area contributed by atoms with Crippen molar-refractivity contribution in [1.29, 1.82) is 5.26 Å². The van der Waals surface area contributed by atoms with Gasteiger partial charge in [-0.3, -0.25) is 4.79 Å². The number of benzene rings is 1. The maximum atomic E-state index is 12.8. The molecule has 9 heteroatoms. The molecule has 4 rings (SSSR count). The second kappa shape index (κ2) is 8.71. The Hall–Kier alpha value is -3.12. The van der Waals surface area contributed by atoms with Crippen LogP contribution in [0.3, 0.4) is 0 Å². The Kier molecular flexibility index (Phi) is 5.86. The highest BCUT2D eigenvalue weighted by Crippen LogP contribution is 2.37. The number of aromatic nitrogens is 5. The molecule has 1 amide bonds. The minimum Gasteiger partial charge on any atom is -0.327 e. The van der Waals surface area contributed by atoms with Crippen LogP contribution in [0.4, 0.5) is 5.82 Å². The third-order valence-corrected chi connectivity index (χ3v) is 6.51. The molecule has 1 N–H and O–H groups in total. The predicted octanol–water partition coefficient (Wildman–Crippen LogP) is 3.80. The zero-order valence-electron chi connectivity index (χ0n) is 17.0. The van der Waals surface area contributed by atoms with Gasteiger partial charge in [-0.25, -0.2) is 0 Å². The third-order valence-electron chi connectivity index (χ3n) is 5.59. The summed E-state index contributed by atoms with van der Waals surface area (Å²) in [5.74, 6) is 0.579. The van der Waals surface area contributed by atoms with Gasteiger partial charge in [0.05, 0.1) is 17.0 Å². The van der Waals surface area contributed by atoms with Crippen molar-refractivity contribution in [2.75, 3.05) is 11.1 Å². The number of nitrogens with one attached hydrogen (secondary N) is 1. The maximum Gasteiger partial charge on any atom is 0.235 e. The van der Waals surface area contributed by atoms with Crippen LogP contribution in [0, 0.1) is 25.2 Å². The fraction of sp³-hybridized carbons (Fsp3) is 0.381. The van der Waals surface area contributed by atoms with Crippen LogP contribution in [-0.2, 0) is 4.79 Å². The van der Waals surface area contributed by atoms with Gasteiger partial charge in [0.25, 0.3) is 0 Å². The van der Waals surface area contributed by atoms with Crippen molar-refractivity contribution in [3.05, 3.63) is 47.2 Å². The Labute approximate surface area is 179 Å². The van der Waals surface area contributed by atoms with Crippen molar-refractivity contribution >= 4 is 23.5 Å². The number of nitriles is 1. The highest BCUT2D eigenvalue weighted by Gasteiger charge is 2.26. The number of carbonyl (C=O) groups is 1. The first-order valence-electron chi connectivity index (χ1n) is 9.98. The van der Waals surface area contributed by atoms with E-state index in [9.17, 15) is 10.1 Å². The normalized spacial score (nSPS) is 14.0. The van der Waals surface area contributed by atoms with Gasteiger partial charge in [-0.2, -0.15) is 9.94 Å². The van der Waals surface area contributed by atoms with Gasteiger partial charge in [-0.15, -0.1) is 5.10 Å². The van der Waals surface area contributed by atoms with Crippen LogP contribution >= 0.6 is 11.8 Å². The molecule has 3 aromatic rings. The molecule has 2 aromatic heterocycles. The number of carbonyl (C=O) groups excluding carboxylic acids is 1. The first-order chi connectivity index (χ1) is 14.6. The van der Waals surface area contributed by atoms with E-state index < -0.39 is 0 Å². The van der Waals surface area contributed by atoms with Gasteiger partial charge in [0, 0.05) is 11.7 Å². The largest absolute Gasteiger partial charge is 0.327 e. The second-order valence-electron chi connectivity index (χ2n) is 7.40. The molecule has 1 fully saturated rings. The van der Waals surface area contributed by atoms with E-state index in [2.05, 4.69) is 31.5 Å². The standard InChI is InChI=1S/C21H23N7OS/c1-14-15(2)27(16-8-6-7-9-16)20(18(14)12-22)23-19(29)13-30-21-24-25-26-28(21)17-10-4-3-5-11-17/h3-5,10-11,16H,6-9,13H2,1-2H3,(H,23,29). The number of tetrazole rings is 1. The first-order valence-corrected chi connectivity index (χ1v) is 11.0. The lowest BCUT2D eigenvalue weighted by atomic mass is 10.2. The second-order valence-corrected chi connectivity index (χ2v) is 8.34. The summed E-state index contributed by atoms with van der Waals surface area (Å²) in [7, 11) is 0. The molecular formula is C21H23N7OS. The monoisotopic (exact) mass is 421 g/mol. The summed E-state index contributed by atoms with van der Waals surface area (Å²) in [6.45, 7) is 3.96. The quantitative estimate of drug-likeness (QED) is 0.608. The van der Waals surface area contributed by atoms with Crippen molar-refractivity contribution in [2.24, 2.45) is 0 Å². The van der Waals surface area contributed by atoms with E-state index in [0.29, 0.717) is 22.6 Å². The van der Waals surface area contributed by atoms with Gasteiger partial charge in [0.1, 0.15) is 11.9 Å². The van der Waals surface area contributed by atoms with E-state index in [1.54, 1.807) is 4.68 Å². The Balaban J connectivity index is 1.51. The van der Waals surface area contributed by atoms with E-state index in [0.717, 1.165) is 29.8 Å². The molecule has 8 nitrogen and oxygen atoms in total. The smallest absolute Gasteiger partial charge is 0.235 e. The van der Waals surface area contributed by atoms with Crippen molar-refractivity contribution < 1.29 is 4.79 Å². The van der Waals surface area contributed by atoms with Crippen molar-refractivity contribution in [3.63, 3.8) is 0 Å². The fourth-order valence-corrected chi connectivity index (χ4v) is 4.69. The van der Waals surface area contributed by atoms with Gasteiger partial charge < -0.3 is 9.88 Å². The van der Waals surface area contributed by atoms with Crippen molar-refractivity contribution in [2.45, 2.75) is 50.7 Å². The Morgan fingerprint density at radius 1 is 1.27 bits per heavy atom. The summed E-state index contributed by atoms with van der Waals surface area (Å²) in [6.07, 6.45) is 4.50. The number of thioether (sulfide) groups is 1. The van der Waals surface area contributed by atoms with E-state index in [4.69, 9.17) is 0 Å². The van der Waals surface area contributed by atoms with Crippen LogP contribution in [0.2, 0.25) is 0 Å². The molecule has 154 valence electrons. The van der Waals surface area contributed by atoms with Gasteiger partial charge in [0.2, 0.25) is 11.1 Å². The van der Waals surface area contributed by atoms with Crippen LogP contribution in [0.25, 0.3) is 5.69 Å². The molecule has 0 radical (unpaired) electrons. The molecule has 0 atom stereocenters. The van der Waals surface area contributed by atoms with E-state index in [-0.39, 0.29) is 11.7 Å². The van der Waals surface area contributed by atoms with Crippen LogP contribution in [0.5, 0.6) is 0 Å². The van der Waals surface area contributed by atoms with Crippen LogP contribution in [0.1, 0.15) is 48.5 Å². The van der Waals surface area contributed by atoms with Gasteiger partial charge in [-0.05, 0) is 54.8 Å². The SMILES string of the molecule is Cc1c(C#N)c(NC(=O)CSc2nnnn2-c2ccccc2)n(C2CCCC2)c1C. The van der Waals surface area contributed by atoms with E-state index in [1.807, 2.05) is 44.2 Å². The molecule has 30 heavy (non-hydrogen) atoms. The van der Waals surface area contributed by atoms with Gasteiger partial charge in [-0.1, -0.05) is 42.8 Å². The minimum absolute atomic E-state index is 0.145. The van der Waals surface area contributed by atoms with E-state index >= 15 is 0 Å². The molecule has 1 aliphatic carbocycles. The number of amides is 1. The molecule has 0 bridgehead atoms. The average Bonchev–Trinajstić information content (AvgIpc) is 3.49. The van der Waals surface area contributed by atoms with Gasteiger partial charge in [0.15, 0.2) is 0 Å². The Morgan fingerprint density at radius 2 is 2.00 bits per heavy atom. The first kappa shape index (κ1) is 20.2. The third kappa shape index (κ3) is 3.83. The number of nitrogens with zero attached hydrogens (tertiary/aromatic N) is 6. The summed E-state index contributed by atoms with van der Waals surface area (Å²) in [6, 6.07) is 12.1. The highest BCUT2D eigenvalue weighted by atomic mass is 32.2. The maximum absolute atomic E-state index is 12.8. The van der Waals surface area contributed by atoms with Crippen LogP contribution in [-0.4, -0.2) is 36.4 Å². The Bertz CT molecular complexity index is 1090. The van der Waals surface area contributed by atoms with Crippen LogP contribution < -0.4 is 5.32 Å². The summed E-state index contributed by atoms with van der Waals surface area (Å²) >= 11 is 1.26. The minimum atomic E-state index is -0.184. The number of hydrogen-bond donors (Lipinski definition) is 1. The summed E-state index contributed by atoms with van der Waals surface area (Å²) in [5, 5.41) is 25.0. The summed E-state index contributed by atoms with van der Waals surface area (Å²) < 4.78 is 3.76. The molecule has 0 aliphatic heterocycles. The van der Waals surface area contributed by atoms with E-state index in [1.165, 1.54) is 24.6 Å². The Morgan fingerprint density at radius 3 is 2.70 bits per heavy atom. The zero-order chi connectivity index (χ0) is 21.1. The lowest BCUT2D eigenvalue weighted by Crippen LogP contribution is -2.20. The van der Waals surface area contributed by atoms with Crippen molar-refractivity contribution in [1.82, 2.24) is 24.8 Å². The molecular weight excluding hydrogens is 398 g/mol. The highest BCUT2D eigenvalue weighted by molar-refractivity contribution is 7.99. The molecule has 1 aromatic carbocycles. The number of para-hydroxylation sites is 1. The molecule has 1 saturated carbocycles. The zero-order valence-corrected chi connectivity index (χ0v) is 17.8. The lowest BCUT2D eigenvalue weighted by Gasteiger charge is -2.19. The lowest BCUT2D eigenvalue weighted by molar-refractivity contribution is -0.113. The molecule has 0 spiro atoms. The summed E-state index contributed by atoms with van der Waals surface area (Å²) in [5.41, 5.74) is 3.36. The molecule has 1 aliphatic rings. The van der Waals surface area contributed by atoms with Crippen LogP contribution in [0.15, 0.2) is 35.5 Å². The fourth-order valence-electron chi connectivity index (χ4n) is 4.00. The average molecular weight is 422 g/mol. The van der Waals surface area contributed by atoms with Crippen molar-refractivity contribution in [3.8, 4) is 11.8 Å². The molecule has 2 heterocycles. The topological polar surface area (TPSA) is 101 Å². The predicted molar refractivity (Wildman–Crippen MR) is 115 cm³/mol. The number of anilines is 1. The number of rotatable bonds is 6. The molecule has 0 saturated heterocycles. The number of hydrogen-bond acceptors (Lipinski definition) is 6. The summed E-state index contributed by atoms with van der Waals surface area (Å²) in [4.78, 5) is 12.8. The molecule has 0 unspecified atom stereocenters. The van der Waals surface area contributed by atoms with Gasteiger partial charge >= 0.3 is 0 Å².